The fourth-order valence-electron chi connectivity index (χ4n) is 1.50. The van der Waals surface area contributed by atoms with E-state index in [1.54, 1.807) is 30.3 Å². The lowest BCUT2D eigenvalue weighted by Crippen LogP contribution is -1.91. The topological polar surface area (TPSA) is 33.0 Å². The van der Waals surface area contributed by atoms with E-state index in [1.165, 1.54) is 0 Å². The maximum absolute atomic E-state index is 9.06. The van der Waals surface area contributed by atoms with Gasteiger partial charge in [-0.25, -0.2) is 0 Å². The second-order valence-corrected chi connectivity index (χ2v) is 4.58. The summed E-state index contributed by atoms with van der Waals surface area (Å²) in [6.45, 7) is 1.91. The molecule has 0 bridgehead atoms. The molecule has 4 heteroatoms. The zero-order valence-corrected chi connectivity index (χ0v) is 11.1. The SMILES string of the molecule is Cc1ccc(Cl)cc1Oc1cccc(Cl)c1C#N. The van der Waals surface area contributed by atoms with Gasteiger partial charge in [-0.05, 0) is 36.8 Å². The predicted octanol–water partition coefficient (Wildman–Crippen LogP) is 4.97. The second kappa shape index (κ2) is 5.30. The summed E-state index contributed by atoms with van der Waals surface area (Å²) in [5.41, 5.74) is 1.25. The molecule has 2 aromatic carbocycles. The Morgan fingerprint density at radius 3 is 2.61 bits per heavy atom. The molecular formula is C14H9Cl2NO. The Hall–Kier alpha value is -1.69. The van der Waals surface area contributed by atoms with Crippen LogP contribution in [0, 0.1) is 18.3 Å². The van der Waals surface area contributed by atoms with E-state index in [9.17, 15) is 0 Å². The normalized spacial score (nSPS) is 9.89. The summed E-state index contributed by atoms with van der Waals surface area (Å²) in [6, 6.07) is 12.5. The Labute approximate surface area is 115 Å². The van der Waals surface area contributed by atoms with Crippen molar-refractivity contribution in [2.24, 2.45) is 0 Å². The van der Waals surface area contributed by atoms with Gasteiger partial charge >= 0.3 is 0 Å². The molecule has 90 valence electrons. The van der Waals surface area contributed by atoms with Crippen LogP contribution < -0.4 is 4.74 Å². The van der Waals surface area contributed by atoms with Crippen LogP contribution in [0.5, 0.6) is 11.5 Å². The average Bonchev–Trinajstić information content (AvgIpc) is 2.34. The molecule has 0 heterocycles. The number of halogens is 2. The molecule has 2 nitrogen and oxygen atoms in total. The molecule has 0 spiro atoms. The summed E-state index contributed by atoms with van der Waals surface area (Å²) in [7, 11) is 0. The van der Waals surface area contributed by atoms with Gasteiger partial charge in [-0.1, -0.05) is 35.3 Å². The van der Waals surface area contributed by atoms with Crippen molar-refractivity contribution in [3.05, 3.63) is 57.6 Å². The highest BCUT2D eigenvalue weighted by Crippen LogP contribution is 2.32. The van der Waals surface area contributed by atoms with Gasteiger partial charge in [0.15, 0.2) is 0 Å². The number of ether oxygens (including phenoxy) is 1. The Kier molecular flexibility index (Phi) is 3.76. The van der Waals surface area contributed by atoms with E-state index in [-0.39, 0.29) is 0 Å². The Balaban J connectivity index is 2.44. The minimum absolute atomic E-state index is 0.318. The molecule has 0 fully saturated rings. The van der Waals surface area contributed by atoms with Gasteiger partial charge in [0.05, 0.1) is 5.02 Å². The second-order valence-electron chi connectivity index (χ2n) is 3.74. The lowest BCUT2D eigenvalue weighted by atomic mass is 10.2. The van der Waals surface area contributed by atoms with Gasteiger partial charge in [0.2, 0.25) is 0 Å². The first kappa shape index (κ1) is 12.8. The van der Waals surface area contributed by atoms with Gasteiger partial charge in [-0.2, -0.15) is 5.26 Å². The lowest BCUT2D eigenvalue weighted by molar-refractivity contribution is 0.477. The maximum Gasteiger partial charge on any atom is 0.146 e. The fraction of sp³-hybridized carbons (Fsp3) is 0.0714. The summed E-state index contributed by atoms with van der Waals surface area (Å²) >= 11 is 11.9. The monoisotopic (exact) mass is 277 g/mol. The van der Waals surface area contributed by atoms with Crippen LogP contribution in [-0.2, 0) is 0 Å². The quantitative estimate of drug-likeness (QED) is 0.777. The van der Waals surface area contributed by atoms with Crippen LogP contribution in [0.1, 0.15) is 11.1 Å². The summed E-state index contributed by atoms with van der Waals surface area (Å²) in [5.74, 6) is 1.04. The molecule has 0 aliphatic heterocycles. The van der Waals surface area contributed by atoms with E-state index in [0.717, 1.165) is 5.56 Å². The van der Waals surface area contributed by atoms with Crippen molar-refractivity contribution in [3.8, 4) is 17.6 Å². The highest BCUT2D eigenvalue weighted by Gasteiger charge is 2.10. The largest absolute Gasteiger partial charge is 0.456 e. The van der Waals surface area contributed by atoms with Crippen LogP contribution in [-0.4, -0.2) is 0 Å². The van der Waals surface area contributed by atoms with E-state index in [2.05, 4.69) is 0 Å². The van der Waals surface area contributed by atoms with E-state index >= 15 is 0 Å². The van der Waals surface area contributed by atoms with Crippen LogP contribution in [0.15, 0.2) is 36.4 Å². The molecule has 0 aromatic heterocycles. The molecule has 0 amide bonds. The number of nitrogens with zero attached hydrogens (tertiary/aromatic N) is 1. The van der Waals surface area contributed by atoms with Crippen molar-refractivity contribution in [2.75, 3.05) is 0 Å². The third-order valence-electron chi connectivity index (χ3n) is 2.46. The molecular weight excluding hydrogens is 269 g/mol. The van der Waals surface area contributed by atoms with Gasteiger partial charge in [-0.3, -0.25) is 0 Å². The van der Waals surface area contributed by atoms with E-state index in [1.807, 2.05) is 19.1 Å². The predicted molar refractivity (Wildman–Crippen MR) is 72.4 cm³/mol. The summed E-state index contributed by atoms with van der Waals surface area (Å²) in [4.78, 5) is 0. The molecule has 0 unspecified atom stereocenters. The van der Waals surface area contributed by atoms with Gasteiger partial charge < -0.3 is 4.74 Å². The molecule has 0 atom stereocenters. The highest BCUT2D eigenvalue weighted by molar-refractivity contribution is 6.32. The molecule has 0 radical (unpaired) electrons. The van der Waals surface area contributed by atoms with Crippen LogP contribution in [0.4, 0.5) is 0 Å². The third kappa shape index (κ3) is 2.59. The van der Waals surface area contributed by atoms with E-state index in [0.29, 0.717) is 27.1 Å². The molecule has 0 saturated carbocycles. The molecule has 0 aliphatic carbocycles. The van der Waals surface area contributed by atoms with Crippen LogP contribution in [0.2, 0.25) is 10.0 Å². The van der Waals surface area contributed by atoms with Crippen molar-refractivity contribution in [2.45, 2.75) is 6.92 Å². The van der Waals surface area contributed by atoms with Crippen molar-refractivity contribution in [1.82, 2.24) is 0 Å². The molecule has 0 N–H and O–H groups in total. The molecule has 2 rings (SSSR count). The Morgan fingerprint density at radius 1 is 1.11 bits per heavy atom. The Bertz CT molecular complexity index is 632. The first-order chi connectivity index (χ1) is 8.61. The van der Waals surface area contributed by atoms with E-state index in [4.69, 9.17) is 33.2 Å². The Morgan fingerprint density at radius 2 is 1.89 bits per heavy atom. The van der Waals surface area contributed by atoms with Crippen LogP contribution in [0.3, 0.4) is 0 Å². The number of hydrogen-bond acceptors (Lipinski definition) is 2. The van der Waals surface area contributed by atoms with Crippen molar-refractivity contribution in [1.29, 1.82) is 5.26 Å². The fourth-order valence-corrected chi connectivity index (χ4v) is 1.87. The summed E-state index contributed by atoms with van der Waals surface area (Å²) in [6.07, 6.45) is 0. The molecule has 0 saturated heterocycles. The standard InChI is InChI=1S/C14H9Cl2NO/c1-9-5-6-10(15)7-14(9)18-13-4-2-3-12(16)11(13)8-17/h2-7H,1H3. The smallest absolute Gasteiger partial charge is 0.146 e. The van der Waals surface area contributed by atoms with Gasteiger partial charge in [0.1, 0.15) is 23.1 Å². The minimum Gasteiger partial charge on any atom is -0.456 e. The first-order valence-corrected chi connectivity index (χ1v) is 6.00. The van der Waals surface area contributed by atoms with Gasteiger partial charge in [0, 0.05) is 5.02 Å². The zero-order valence-electron chi connectivity index (χ0n) is 9.58. The van der Waals surface area contributed by atoms with Gasteiger partial charge in [-0.15, -0.1) is 0 Å². The number of nitriles is 1. The lowest BCUT2D eigenvalue weighted by Gasteiger charge is -2.10. The van der Waals surface area contributed by atoms with Crippen LogP contribution >= 0.6 is 23.2 Å². The third-order valence-corrected chi connectivity index (χ3v) is 3.01. The van der Waals surface area contributed by atoms with Crippen molar-refractivity contribution in [3.63, 3.8) is 0 Å². The molecule has 2 aromatic rings. The average molecular weight is 278 g/mol. The maximum atomic E-state index is 9.06. The molecule has 18 heavy (non-hydrogen) atoms. The zero-order chi connectivity index (χ0) is 13.1. The van der Waals surface area contributed by atoms with Crippen molar-refractivity contribution >= 4 is 23.2 Å². The highest BCUT2D eigenvalue weighted by atomic mass is 35.5. The summed E-state index contributed by atoms with van der Waals surface area (Å²) < 4.78 is 5.70. The van der Waals surface area contributed by atoms with E-state index < -0.39 is 0 Å². The number of rotatable bonds is 2. The number of hydrogen-bond donors (Lipinski definition) is 0. The first-order valence-electron chi connectivity index (χ1n) is 5.24. The minimum atomic E-state index is 0.318. The summed E-state index contributed by atoms with van der Waals surface area (Å²) in [5, 5.41) is 10.0. The number of aryl methyl sites for hydroxylation is 1. The van der Waals surface area contributed by atoms with Crippen LogP contribution in [0.25, 0.3) is 0 Å². The molecule has 0 aliphatic rings. The number of benzene rings is 2. The van der Waals surface area contributed by atoms with Gasteiger partial charge in [0.25, 0.3) is 0 Å². The van der Waals surface area contributed by atoms with Crippen molar-refractivity contribution < 1.29 is 4.74 Å².